The molecule has 0 saturated carbocycles. The summed E-state index contributed by atoms with van der Waals surface area (Å²) in [6.45, 7) is 3.83. The molecule has 0 saturated heterocycles. The summed E-state index contributed by atoms with van der Waals surface area (Å²) in [5.74, 6) is -0.399. The van der Waals surface area contributed by atoms with Crippen LogP contribution in [0.1, 0.15) is 16.7 Å². The van der Waals surface area contributed by atoms with Gasteiger partial charge in [0.2, 0.25) is 0 Å². The number of hydrogen-bond donors (Lipinski definition) is 1. The number of carbonyl (C=O) groups is 2. The van der Waals surface area contributed by atoms with Crippen molar-refractivity contribution in [3.8, 4) is 5.75 Å². The van der Waals surface area contributed by atoms with Crippen molar-refractivity contribution < 1.29 is 14.3 Å². The molecule has 1 aliphatic rings. The minimum Gasteiger partial charge on any atom is -0.495 e. The van der Waals surface area contributed by atoms with Crippen LogP contribution in [0.3, 0.4) is 0 Å². The Balaban J connectivity index is 1.87. The number of nitrogens with zero attached hydrogens (tertiary/aromatic N) is 1. The Kier molecular flexibility index (Phi) is 5.96. The van der Waals surface area contributed by atoms with Gasteiger partial charge in [-0.3, -0.25) is 9.59 Å². The van der Waals surface area contributed by atoms with Gasteiger partial charge in [0, 0.05) is 10.0 Å². The smallest absolute Gasteiger partial charge is 0.282 e. The van der Waals surface area contributed by atoms with E-state index in [1.54, 1.807) is 48.5 Å². The molecule has 1 N–H and O–H groups in total. The topological polar surface area (TPSA) is 58.6 Å². The van der Waals surface area contributed by atoms with Gasteiger partial charge in [-0.05, 0) is 61.4 Å². The Bertz CT molecular complexity index is 1270. The number of rotatable bonds is 5. The van der Waals surface area contributed by atoms with Gasteiger partial charge in [-0.15, -0.1) is 0 Å². The molecule has 4 rings (SSSR count). The van der Waals surface area contributed by atoms with Crippen LogP contribution in [0.4, 0.5) is 11.4 Å². The van der Waals surface area contributed by atoms with Crippen molar-refractivity contribution >= 4 is 52.0 Å². The molecule has 0 atom stereocenters. The number of carbonyl (C=O) groups excluding carboxylic acids is 2. The second-order valence-corrected chi connectivity index (χ2v) is 8.34. The van der Waals surface area contributed by atoms with Crippen LogP contribution in [0.15, 0.2) is 66.4 Å². The molecule has 0 aromatic heterocycles. The van der Waals surface area contributed by atoms with Gasteiger partial charge in [-0.25, -0.2) is 4.90 Å². The van der Waals surface area contributed by atoms with Crippen LogP contribution in [0.5, 0.6) is 5.75 Å². The van der Waals surface area contributed by atoms with Gasteiger partial charge in [-0.2, -0.15) is 0 Å². The zero-order chi connectivity index (χ0) is 23.0. The molecule has 3 aromatic rings. The molecular formula is C25H20Cl2N2O3. The second-order valence-electron chi connectivity index (χ2n) is 7.46. The zero-order valence-corrected chi connectivity index (χ0v) is 19.2. The lowest BCUT2D eigenvalue weighted by Gasteiger charge is -2.18. The van der Waals surface area contributed by atoms with Crippen molar-refractivity contribution in [2.45, 2.75) is 13.8 Å². The number of nitrogens with one attached hydrogen (secondary N) is 1. The van der Waals surface area contributed by atoms with E-state index in [1.807, 2.05) is 26.0 Å². The largest absolute Gasteiger partial charge is 0.495 e. The third kappa shape index (κ3) is 3.97. The van der Waals surface area contributed by atoms with Crippen molar-refractivity contribution in [2.24, 2.45) is 0 Å². The van der Waals surface area contributed by atoms with Crippen LogP contribution in [0, 0.1) is 13.8 Å². The summed E-state index contributed by atoms with van der Waals surface area (Å²) in [6, 6.07) is 17.4. The summed E-state index contributed by atoms with van der Waals surface area (Å²) in [7, 11) is 1.52. The van der Waals surface area contributed by atoms with E-state index < -0.39 is 11.8 Å². The van der Waals surface area contributed by atoms with Gasteiger partial charge in [0.1, 0.15) is 11.4 Å². The minimum atomic E-state index is -0.464. The SMILES string of the molecule is COc1ccc(Cl)cc1NC1=C(c2ccc(Cl)cc2)C(=O)N(c2ccc(C)cc2C)C1=O. The van der Waals surface area contributed by atoms with Crippen LogP contribution < -0.4 is 15.0 Å². The number of aryl methyl sites for hydroxylation is 2. The first-order valence-electron chi connectivity index (χ1n) is 9.87. The fourth-order valence-corrected chi connectivity index (χ4v) is 4.02. The summed E-state index contributed by atoms with van der Waals surface area (Å²) in [5, 5.41) is 4.09. The van der Waals surface area contributed by atoms with Crippen LogP contribution in [0.2, 0.25) is 10.0 Å². The monoisotopic (exact) mass is 466 g/mol. The van der Waals surface area contributed by atoms with E-state index in [0.29, 0.717) is 32.7 Å². The number of halogens is 2. The number of imide groups is 1. The Morgan fingerprint density at radius 1 is 0.844 bits per heavy atom. The third-order valence-corrected chi connectivity index (χ3v) is 5.72. The molecule has 2 amide bonds. The van der Waals surface area contributed by atoms with Gasteiger partial charge in [-0.1, -0.05) is 53.0 Å². The molecule has 0 fully saturated rings. The molecule has 0 spiro atoms. The molecule has 5 nitrogen and oxygen atoms in total. The maximum absolute atomic E-state index is 13.6. The highest BCUT2D eigenvalue weighted by atomic mass is 35.5. The van der Waals surface area contributed by atoms with E-state index in [9.17, 15) is 9.59 Å². The first kappa shape index (κ1) is 21.9. The van der Waals surface area contributed by atoms with Crippen molar-refractivity contribution in [3.63, 3.8) is 0 Å². The third-order valence-electron chi connectivity index (χ3n) is 5.23. The van der Waals surface area contributed by atoms with Gasteiger partial charge in [0.05, 0.1) is 24.1 Å². The molecule has 32 heavy (non-hydrogen) atoms. The first-order valence-corrected chi connectivity index (χ1v) is 10.6. The quantitative estimate of drug-likeness (QED) is 0.467. The molecule has 0 unspecified atom stereocenters. The van der Waals surface area contributed by atoms with Gasteiger partial charge in [0.25, 0.3) is 11.8 Å². The number of ether oxygens (including phenoxy) is 1. The van der Waals surface area contributed by atoms with E-state index in [-0.39, 0.29) is 11.3 Å². The number of anilines is 2. The molecule has 0 aliphatic carbocycles. The van der Waals surface area contributed by atoms with E-state index in [4.69, 9.17) is 27.9 Å². The van der Waals surface area contributed by atoms with Crippen LogP contribution in [0.25, 0.3) is 5.57 Å². The summed E-state index contributed by atoms with van der Waals surface area (Å²) in [6.07, 6.45) is 0. The highest BCUT2D eigenvalue weighted by Crippen LogP contribution is 2.37. The maximum Gasteiger partial charge on any atom is 0.282 e. The normalized spacial score (nSPS) is 13.7. The number of benzene rings is 3. The Morgan fingerprint density at radius 2 is 1.53 bits per heavy atom. The van der Waals surface area contributed by atoms with Gasteiger partial charge >= 0.3 is 0 Å². The molecule has 1 heterocycles. The van der Waals surface area contributed by atoms with Gasteiger partial charge < -0.3 is 10.1 Å². The maximum atomic E-state index is 13.6. The Hall–Kier alpha value is -3.28. The summed E-state index contributed by atoms with van der Waals surface area (Å²) in [5.41, 5.74) is 3.83. The lowest BCUT2D eigenvalue weighted by molar-refractivity contribution is -0.120. The van der Waals surface area contributed by atoms with Crippen LogP contribution in [-0.4, -0.2) is 18.9 Å². The average molecular weight is 467 g/mol. The van der Waals surface area contributed by atoms with E-state index >= 15 is 0 Å². The fourth-order valence-electron chi connectivity index (χ4n) is 3.72. The number of hydrogen-bond acceptors (Lipinski definition) is 4. The molecule has 3 aromatic carbocycles. The summed E-state index contributed by atoms with van der Waals surface area (Å²) < 4.78 is 5.40. The van der Waals surface area contributed by atoms with E-state index in [2.05, 4.69) is 5.32 Å². The summed E-state index contributed by atoms with van der Waals surface area (Å²) in [4.78, 5) is 28.3. The summed E-state index contributed by atoms with van der Waals surface area (Å²) >= 11 is 12.2. The zero-order valence-electron chi connectivity index (χ0n) is 17.7. The van der Waals surface area contributed by atoms with Crippen molar-refractivity contribution in [1.29, 1.82) is 0 Å². The highest BCUT2D eigenvalue weighted by molar-refractivity contribution is 6.46. The van der Waals surface area contributed by atoms with Gasteiger partial charge in [0.15, 0.2) is 0 Å². The van der Waals surface area contributed by atoms with E-state index in [1.165, 1.54) is 12.0 Å². The van der Waals surface area contributed by atoms with Crippen LogP contribution in [-0.2, 0) is 9.59 Å². The predicted octanol–water partition coefficient (Wildman–Crippen LogP) is 6.02. The van der Waals surface area contributed by atoms with Crippen molar-refractivity contribution in [2.75, 3.05) is 17.3 Å². The lowest BCUT2D eigenvalue weighted by Crippen LogP contribution is -2.33. The molecule has 162 valence electrons. The Morgan fingerprint density at radius 3 is 2.19 bits per heavy atom. The first-order chi connectivity index (χ1) is 15.3. The average Bonchev–Trinajstić information content (AvgIpc) is 2.99. The number of amides is 2. The Labute approximate surface area is 196 Å². The second kappa shape index (κ2) is 8.69. The highest BCUT2D eigenvalue weighted by Gasteiger charge is 2.41. The predicted molar refractivity (Wildman–Crippen MR) is 128 cm³/mol. The van der Waals surface area contributed by atoms with E-state index in [0.717, 1.165) is 11.1 Å². The van der Waals surface area contributed by atoms with Crippen molar-refractivity contribution in [1.82, 2.24) is 0 Å². The standard InChI is InChI=1S/C25H20Cl2N2O3/c1-14-4-10-20(15(2)12-14)29-24(30)22(16-5-7-17(26)8-6-16)23(25(29)31)28-19-13-18(27)9-11-21(19)32-3/h4-13,28H,1-3H3. The van der Waals surface area contributed by atoms with Crippen LogP contribution >= 0.6 is 23.2 Å². The molecule has 0 radical (unpaired) electrons. The fraction of sp³-hybridized carbons (Fsp3) is 0.120. The lowest BCUT2D eigenvalue weighted by atomic mass is 10.0. The van der Waals surface area contributed by atoms with Crippen molar-refractivity contribution in [3.05, 3.63) is 93.1 Å². The minimum absolute atomic E-state index is 0.137. The molecular weight excluding hydrogens is 447 g/mol. The molecule has 0 bridgehead atoms. The number of methoxy groups -OCH3 is 1. The molecule has 1 aliphatic heterocycles. The molecule has 7 heteroatoms.